The Kier molecular flexibility index (Phi) is 9.46. The molecule has 0 saturated heterocycles. The zero-order chi connectivity index (χ0) is 4.28. The van der Waals surface area contributed by atoms with Crippen LogP contribution in [0.15, 0.2) is 12.7 Å². The smallest absolute Gasteiger partial charge is 0.249 e. The Balaban J connectivity index is 0. The molecular formula is C3H3AlOSn. The SMILES string of the molecule is C=C[C](=O)[Al].[Sn]. The van der Waals surface area contributed by atoms with Crippen molar-refractivity contribution in [2.45, 2.75) is 0 Å². The van der Waals surface area contributed by atoms with Gasteiger partial charge < -0.3 is 4.79 Å². The first-order valence-electron chi connectivity index (χ1n) is 1.19. The molecule has 3 heteroatoms. The van der Waals surface area contributed by atoms with Crippen LogP contribution in [0, 0.1) is 0 Å². The van der Waals surface area contributed by atoms with Crippen LogP contribution < -0.4 is 0 Å². The van der Waals surface area contributed by atoms with Crippen LogP contribution in [0.25, 0.3) is 0 Å². The third kappa shape index (κ3) is 8.83. The van der Waals surface area contributed by atoms with E-state index >= 15 is 0 Å². The fraction of sp³-hybridized carbons (Fsp3) is 0. The molecule has 0 aromatic rings. The number of carbonyl (C=O) groups excluding carboxylic acids is 1. The van der Waals surface area contributed by atoms with Crippen molar-refractivity contribution >= 4 is 44.8 Å². The summed E-state index contributed by atoms with van der Waals surface area (Å²) < 4.78 is -0.0648. The van der Waals surface area contributed by atoms with Gasteiger partial charge in [0.25, 0.3) is 0 Å². The Bertz CT molecular complexity index is 61.8. The van der Waals surface area contributed by atoms with E-state index in [1.807, 2.05) is 16.3 Å². The van der Waals surface area contributed by atoms with Gasteiger partial charge in [0, 0.05) is 28.6 Å². The molecule has 0 aliphatic carbocycles. The standard InChI is InChI=1S/C3H3O.Al.Sn/c1-2-3-4;;/h2H,1H2;;. The third-order valence-electron chi connectivity index (χ3n) is 0.201. The van der Waals surface area contributed by atoms with E-state index in [9.17, 15) is 4.79 Å². The van der Waals surface area contributed by atoms with Gasteiger partial charge in [0.1, 0.15) is 0 Å². The summed E-state index contributed by atoms with van der Waals surface area (Å²) >= 11 is 1.98. The summed E-state index contributed by atoms with van der Waals surface area (Å²) in [6, 6.07) is 0. The van der Waals surface area contributed by atoms with E-state index in [4.69, 9.17) is 0 Å². The van der Waals surface area contributed by atoms with E-state index in [2.05, 4.69) is 6.58 Å². The largest absolute Gasteiger partial charge is 0.319 e. The number of allylic oxidation sites excluding steroid dienone is 1. The predicted molar refractivity (Wildman–Crippen MR) is 26.7 cm³/mol. The first kappa shape index (κ1) is 9.88. The summed E-state index contributed by atoms with van der Waals surface area (Å²) in [5.74, 6) is 0. The molecule has 0 aliphatic heterocycles. The molecule has 28 valence electrons. The molecule has 0 fully saturated rings. The van der Waals surface area contributed by atoms with Gasteiger partial charge in [-0.2, -0.15) is 0 Å². The van der Waals surface area contributed by atoms with Crippen LogP contribution in [-0.2, 0) is 4.79 Å². The Morgan fingerprint density at radius 2 is 2.00 bits per heavy atom. The minimum Gasteiger partial charge on any atom is -0.319 e. The van der Waals surface area contributed by atoms with Crippen molar-refractivity contribution in [2.75, 3.05) is 0 Å². The molecule has 0 amide bonds. The van der Waals surface area contributed by atoms with Crippen LogP contribution in [0.2, 0.25) is 0 Å². The number of hydrogen-bond acceptors (Lipinski definition) is 1. The third-order valence-corrected chi connectivity index (χ3v) is 0.437. The van der Waals surface area contributed by atoms with Crippen molar-refractivity contribution < 1.29 is 4.79 Å². The van der Waals surface area contributed by atoms with Crippen LogP contribution >= 0.6 is 0 Å². The van der Waals surface area contributed by atoms with Crippen LogP contribution in [0.3, 0.4) is 0 Å². The number of carbonyl (C=O) groups is 1. The van der Waals surface area contributed by atoms with Crippen molar-refractivity contribution in [3.05, 3.63) is 12.7 Å². The maximum absolute atomic E-state index is 9.66. The molecule has 0 heterocycles. The van der Waals surface area contributed by atoms with E-state index in [0.29, 0.717) is 0 Å². The summed E-state index contributed by atoms with van der Waals surface area (Å²) in [5, 5.41) is 0. The Hall–Kier alpha value is 0.741. The molecule has 0 bridgehead atoms. The molecule has 0 spiro atoms. The second-order valence-corrected chi connectivity index (χ2v) is 1.18. The van der Waals surface area contributed by atoms with Gasteiger partial charge in [-0.3, -0.25) is 0 Å². The van der Waals surface area contributed by atoms with Crippen molar-refractivity contribution in [3.63, 3.8) is 0 Å². The molecule has 0 aromatic heterocycles. The first-order chi connectivity index (χ1) is 2.27. The van der Waals surface area contributed by atoms with Crippen LogP contribution in [0.5, 0.6) is 0 Å². The van der Waals surface area contributed by atoms with E-state index < -0.39 is 0 Å². The summed E-state index contributed by atoms with van der Waals surface area (Å²) in [5.41, 5.74) is 0. The molecule has 6 radical (unpaired) electrons. The maximum Gasteiger partial charge on any atom is 0.249 e. The molecule has 6 heavy (non-hydrogen) atoms. The zero-order valence-electron chi connectivity index (χ0n) is 3.27. The van der Waals surface area contributed by atoms with Crippen molar-refractivity contribution in [3.8, 4) is 0 Å². The summed E-state index contributed by atoms with van der Waals surface area (Å²) in [6.45, 7) is 3.19. The molecule has 0 aromatic carbocycles. The van der Waals surface area contributed by atoms with Gasteiger partial charge in [0.2, 0.25) is 16.3 Å². The summed E-state index contributed by atoms with van der Waals surface area (Å²) in [4.78, 5) is 9.66. The molecule has 0 aliphatic rings. The Morgan fingerprint density at radius 3 is 2.00 bits per heavy atom. The second-order valence-electron chi connectivity index (χ2n) is 0.606. The van der Waals surface area contributed by atoms with Crippen molar-refractivity contribution in [1.29, 1.82) is 0 Å². The number of rotatable bonds is 1. The summed E-state index contributed by atoms with van der Waals surface area (Å²) in [6.07, 6.45) is 1.24. The first-order valence-corrected chi connectivity index (χ1v) is 1.77. The average molecular weight is 201 g/mol. The minimum absolute atomic E-state index is 0. The van der Waals surface area contributed by atoms with E-state index in [1.165, 1.54) is 6.08 Å². The Morgan fingerprint density at radius 1 is 1.83 bits per heavy atom. The second kappa shape index (κ2) is 5.74. The van der Waals surface area contributed by atoms with Crippen LogP contribution in [0.1, 0.15) is 0 Å². The van der Waals surface area contributed by atoms with E-state index in [0.717, 1.165) is 0 Å². The maximum atomic E-state index is 9.66. The topological polar surface area (TPSA) is 17.1 Å². The minimum atomic E-state index is -0.0648. The van der Waals surface area contributed by atoms with Crippen LogP contribution in [0.4, 0.5) is 0 Å². The molecule has 1 nitrogen and oxygen atoms in total. The van der Waals surface area contributed by atoms with Crippen molar-refractivity contribution in [1.82, 2.24) is 0 Å². The van der Waals surface area contributed by atoms with Gasteiger partial charge in [-0.1, -0.05) is 6.58 Å². The molecule has 0 unspecified atom stereocenters. The quantitative estimate of drug-likeness (QED) is 0.412. The number of hydrogen-bond donors (Lipinski definition) is 0. The predicted octanol–water partition coefficient (Wildman–Crippen LogP) is -0.513. The molecular weight excluding hydrogens is 198 g/mol. The van der Waals surface area contributed by atoms with Gasteiger partial charge in [0.15, 0.2) is 0 Å². The van der Waals surface area contributed by atoms with Gasteiger partial charge in [0.05, 0.1) is 0 Å². The van der Waals surface area contributed by atoms with Gasteiger partial charge >= 0.3 is 0 Å². The molecule has 0 atom stereocenters. The monoisotopic (exact) mass is 202 g/mol. The van der Waals surface area contributed by atoms with Gasteiger partial charge in [-0.05, 0) is 6.08 Å². The zero-order valence-corrected chi connectivity index (χ0v) is 7.28. The molecule has 0 N–H and O–H groups in total. The average Bonchev–Trinajstić information content (AvgIpc) is 1.38. The fourth-order valence-corrected chi connectivity index (χ4v) is 0. The van der Waals surface area contributed by atoms with Crippen LogP contribution in [-0.4, -0.2) is 44.8 Å². The molecule has 0 saturated carbocycles. The summed E-state index contributed by atoms with van der Waals surface area (Å²) in [7, 11) is 0. The van der Waals surface area contributed by atoms with Gasteiger partial charge in [-0.15, -0.1) is 0 Å². The van der Waals surface area contributed by atoms with Crippen molar-refractivity contribution in [2.24, 2.45) is 0 Å². The Labute approximate surface area is 62.2 Å². The van der Waals surface area contributed by atoms with Gasteiger partial charge in [-0.25, -0.2) is 0 Å². The molecule has 0 rings (SSSR count). The fourth-order valence-electron chi connectivity index (χ4n) is 0. The normalized spacial score (nSPS) is 5.33. The van der Waals surface area contributed by atoms with E-state index in [-0.39, 0.29) is 28.6 Å². The van der Waals surface area contributed by atoms with E-state index in [1.54, 1.807) is 0 Å².